The molecular formula is C9H10BrF2NO. The van der Waals surface area contributed by atoms with Crippen LogP contribution in [-0.4, -0.2) is 13.2 Å². The smallest absolute Gasteiger partial charge is 0.322 e. The Morgan fingerprint density at radius 1 is 1.43 bits per heavy atom. The van der Waals surface area contributed by atoms with Crippen molar-refractivity contribution in [2.75, 3.05) is 6.61 Å². The minimum absolute atomic E-state index is 0.186. The molecule has 0 bridgehead atoms. The van der Waals surface area contributed by atoms with Gasteiger partial charge in [0.25, 0.3) is 0 Å². The van der Waals surface area contributed by atoms with Crippen LogP contribution in [0.15, 0.2) is 28.7 Å². The third kappa shape index (κ3) is 3.69. The Bertz CT molecular complexity index is 296. The van der Waals surface area contributed by atoms with E-state index in [1.807, 2.05) is 6.07 Å². The van der Waals surface area contributed by atoms with Gasteiger partial charge < -0.3 is 10.5 Å². The van der Waals surface area contributed by atoms with E-state index in [-0.39, 0.29) is 6.61 Å². The summed E-state index contributed by atoms with van der Waals surface area (Å²) < 4.78 is 28.4. The molecular weight excluding hydrogens is 256 g/mol. The number of rotatable bonds is 4. The summed E-state index contributed by atoms with van der Waals surface area (Å²) in [5, 5.41) is 0. The molecule has 0 amide bonds. The van der Waals surface area contributed by atoms with Crippen LogP contribution in [0.2, 0.25) is 0 Å². The number of benzene rings is 1. The molecule has 14 heavy (non-hydrogen) atoms. The van der Waals surface area contributed by atoms with Crippen molar-refractivity contribution in [1.82, 2.24) is 0 Å². The van der Waals surface area contributed by atoms with Gasteiger partial charge in [-0.05, 0) is 17.7 Å². The maximum atomic E-state index is 11.7. The van der Waals surface area contributed by atoms with Gasteiger partial charge in [-0.15, -0.1) is 0 Å². The molecule has 1 aromatic rings. The first kappa shape index (κ1) is 11.6. The molecule has 0 aromatic heterocycles. The normalized spacial score (nSPS) is 13.2. The van der Waals surface area contributed by atoms with E-state index in [0.29, 0.717) is 0 Å². The molecule has 1 rings (SSSR count). The molecule has 0 heterocycles. The third-order valence-electron chi connectivity index (χ3n) is 1.68. The molecule has 2 N–H and O–H groups in total. The van der Waals surface area contributed by atoms with E-state index < -0.39 is 12.7 Å². The van der Waals surface area contributed by atoms with Gasteiger partial charge in [0, 0.05) is 4.47 Å². The highest BCUT2D eigenvalue weighted by Crippen LogP contribution is 2.17. The Hall–Kier alpha value is -0.520. The minimum Gasteiger partial charge on any atom is -0.322 e. The molecule has 0 aliphatic rings. The van der Waals surface area contributed by atoms with Crippen molar-refractivity contribution in [1.29, 1.82) is 0 Å². The fourth-order valence-corrected chi connectivity index (χ4v) is 1.43. The molecule has 0 radical (unpaired) electrons. The van der Waals surface area contributed by atoms with E-state index in [0.717, 1.165) is 10.0 Å². The van der Waals surface area contributed by atoms with E-state index >= 15 is 0 Å². The summed E-state index contributed by atoms with van der Waals surface area (Å²) in [6, 6.07) is 6.65. The first-order chi connectivity index (χ1) is 6.59. The van der Waals surface area contributed by atoms with Crippen LogP contribution in [-0.2, 0) is 4.74 Å². The second-order valence-corrected chi connectivity index (χ2v) is 3.67. The Kier molecular flexibility index (Phi) is 4.44. The molecule has 0 aliphatic heterocycles. The highest BCUT2D eigenvalue weighted by molar-refractivity contribution is 9.10. The van der Waals surface area contributed by atoms with Crippen LogP contribution in [0.25, 0.3) is 0 Å². The van der Waals surface area contributed by atoms with Crippen LogP contribution < -0.4 is 5.73 Å². The van der Waals surface area contributed by atoms with Gasteiger partial charge in [0.15, 0.2) is 0 Å². The second kappa shape index (κ2) is 5.38. The molecule has 5 heteroatoms. The molecule has 0 spiro atoms. The van der Waals surface area contributed by atoms with Gasteiger partial charge in [-0.25, -0.2) is 0 Å². The van der Waals surface area contributed by atoms with Crippen molar-refractivity contribution in [3.8, 4) is 0 Å². The summed E-state index contributed by atoms with van der Waals surface area (Å²) in [7, 11) is 0. The van der Waals surface area contributed by atoms with E-state index in [4.69, 9.17) is 5.73 Å². The molecule has 0 aliphatic carbocycles. The van der Waals surface area contributed by atoms with E-state index in [1.165, 1.54) is 0 Å². The summed E-state index contributed by atoms with van der Waals surface area (Å²) in [5.41, 5.74) is 6.40. The first-order valence-corrected chi connectivity index (χ1v) is 4.79. The van der Waals surface area contributed by atoms with Crippen LogP contribution in [0.5, 0.6) is 0 Å². The SMILES string of the molecule is NC(COC(F)F)c1cccc(Br)c1. The zero-order valence-electron chi connectivity index (χ0n) is 7.29. The van der Waals surface area contributed by atoms with Crippen LogP contribution in [0.1, 0.15) is 11.6 Å². The summed E-state index contributed by atoms with van der Waals surface area (Å²) in [4.78, 5) is 0. The maximum absolute atomic E-state index is 11.7. The van der Waals surface area contributed by atoms with Crippen LogP contribution in [0, 0.1) is 0 Å². The summed E-state index contributed by atoms with van der Waals surface area (Å²) in [6.07, 6.45) is 0. The molecule has 0 saturated heterocycles. The van der Waals surface area contributed by atoms with Crippen molar-refractivity contribution in [3.63, 3.8) is 0 Å². The highest BCUT2D eigenvalue weighted by Gasteiger charge is 2.09. The lowest BCUT2D eigenvalue weighted by atomic mass is 10.1. The monoisotopic (exact) mass is 265 g/mol. The molecule has 2 nitrogen and oxygen atoms in total. The topological polar surface area (TPSA) is 35.2 Å². The number of halogens is 3. The van der Waals surface area contributed by atoms with Crippen LogP contribution in [0.4, 0.5) is 8.78 Å². The van der Waals surface area contributed by atoms with E-state index in [9.17, 15) is 8.78 Å². The minimum atomic E-state index is -2.77. The number of hydrogen-bond donors (Lipinski definition) is 1. The largest absolute Gasteiger partial charge is 0.345 e. The van der Waals surface area contributed by atoms with Gasteiger partial charge in [-0.3, -0.25) is 0 Å². The van der Waals surface area contributed by atoms with Gasteiger partial charge in [0.1, 0.15) is 0 Å². The second-order valence-electron chi connectivity index (χ2n) is 2.76. The zero-order valence-corrected chi connectivity index (χ0v) is 8.88. The van der Waals surface area contributed by atoms with Gasteiger partial charge in [0.05, 0.1) is 12.6 Å². The Morgan fingerprint density at radius 3 is 2.71 bits per heavy atom. The van der Waals surface area contributed by atoms with Crippen molar-refractivity contribution in [3.05, 3.63) is 34.3 Å². The quantitative estimate of drug-likeness (QED) is 0.909. The lowest BCUT2D eigenvalue weighted by Crippen LogP contribution is -2.18. The van der Waals surface area contributed by atoms with Crippen molar-refractivity contribution in [2.45, 2.75) is 12.7 Å². The highest BCUT2D eigenvalue weighted by atomic mass is 79.9. The fourth-order valence-electron chi connectivity index (χ4n) is 1.01. The Morgan fingerprint density at radius 2 is 2.14 bits per heavy atom. The van der Waals surface area contributed by atoms with Gasteiger partial charge in [-0.1, -0.05) is 28.1 Å². The Labute approximate surface area is 89.2 Å². The molecule has 1 aromatic carbocycles. The van der Waals surface area contributed by atoms with E-state index in [1.54, 1.807) is 18.2 Å². The molecule has 1 unspecified atom stereocenters. The van der Waals surface area contributed by atoms with Crippen LogP contribution in [0.3, 0.4) is 0 Å². The summed E-state index contributed by atoms with van der Waals surface area (Å²) in [6.45, 7) is -2.96. The standard InChI is InChI=1S/C9H10BrF2NO/c10-7-3-1-2-6(4-7)8(13)5-14-9(11)12/h1-4,8-9H,5,13H2. The molecule has 0 fully saturated rings. The van der Waals surface area contributed by atoms with Gasteiger partial charge >= 0.3 is 6.61 Å². The van der Waals surface area contributed by atoms with Crippen LogP contribution >= 0.6 is 15.9 Å². The molecule has 1 atom stereocenters. The predicted molar refractivity (Wildman–Crippen MR) is 53.0 cm³/mol. The average Bonchev–Trinajstić information content (AvgIpc) is 2.14. The summed E-state index contributed by atoms with van der Waals surface area (Å²) in [5.74, 6) is 0. The van der Waals surface area contributed by atoms with Gasteiger partial charge in [0.2, 0.25) is 0 Å². The average molecular weight is 266 g/mol. The fraction of sp³-hybridized carbons (Fsp3) is 0.333. The summed E-state index contributed by atoms with van der Waals surface area (Å²) >= 11 is 3.27. The first-order valence-electron chi connectivity index (χ1n) is 4.00. The number of nitrogens with two attached hydrogens (primary N) is 1. The number of ether oxygens (including phenoxy) is 1. The van der Waals surface area contributed by atoms with E-state index in [2.05, 4.69) is 20.7 Å². The number of alkyl halides is 2. The van der Waals surface area contributed by atoms with Crippen molar-refractivity contribution < 1.29 is 13.5 Å². The Balaban J connectivity index is 2.56. The third-order valence-corrected chi connectivity index (χ3v) is 2.17. The van der Waals surface area contributed by atoms with Crippen molar-refractivity contribution in [2.24, 2.45) is 5.73 Å². The maximum Gasteiger partial charge on any atom is 0.345 e. The van der Waals surface area contributed by atoms with Crippen molar-refractivity contribution >= 4 is 15.9 Å². The molecule has 0 saturated carbocycles. The zero-order chi connectivity index (χ0) is 10.6. The molecule has 78 valence electrons. The lowest BCUT2D eigenvalue weighted by molar-refractivity contribution is -0.132. The predicted octanol–water partition coefficient (Wildman–Crippen LogP) is 2.69. The number of hydrogen-bond acceptors (Lipinski definition) is 2. The van der Waals surface area contributed by atoms with Gasteiger partial charge in [-0.2, -0.15) is 8.78 Å². The lowest BCUT2D eigenvalue weighted by Gasteiger charge is -2.12.